The van der Waals surface area contributed by atoms with E-state index in [1.54, 1.807) is 42.7 Å². The largest absolute Gasteiger partial charge is 0.497 e. The van der Waals surface area contributed by atoms with E-state index in [1.807, 2.05) is 13.1 Å². The van der Waals surface area contributed by atoms with Crippen LogP contribution in [-0.2, 0) is 6.42 Å². The molecular weight excluding hydrogens is 260 g/mol. The predicted octanol–water partition coefficient (Wildman–Crippen LogP) is 2.43. The molecule has 1 N–H and O–H groups in total. The highest BCUT2D eigenvalue weighted by Gasteiger charge is 2.05. The van der Waals surface area contributed by atoms with Crippen LogP contribution in [0.25, 0.3) is 0 Å². The standard InChI is InChI=1S/C14H16N2O2S/c1-10-16-9-13(19-10)7-8-15-14(17)11-3-5-12(18-2)6-4-11/h3-6,9H,7-8H2,1-2H3,(H,15,17). The predicted molar refractivity (Wildman–Crippen MR) is 75.9 cm³/mol. The molecule has 0 saturated heterocycles. The fourth-order valence-corrected chi connectivity index (χ4v) is 2.46. The highest BCUT2D eigenvalue weighted by molar-refractivity contribution is 7.11. The average Bonchev–Trinajstić information content (AvgIpc) is 2.84. The molecule has 19 heavy (non-hydrogen) atoms. The van der Waals surface area contributed by atoms with Crippen LogP contribution in [-0.4, -0.2) is 24.5 Å². The van der Waals surface area contributed by atoms with Crippen molar-refractivity contribution in [1.82, 2.24) is 10.3 Å². The molecule has 2 aromatic rings. The molecule has 1 aromatic carbocycles. The molecule has 5 heteroatoms. The molecule has 0 radical (unpaired) electrons. The maximum Gasteiger partial charge on any atom is 0.251 e. The molecule has 0 saturated carbocycles. The molecule has 0 spiro atoms. The van der Waals surface area contributed by atoms with Gasteiger partial charge < -0.3 is 10.1 Å². The Balaban J connectivity index is 1.83. The summed E-state index contributed by atoms with van der Waals surface area (Å²) in [6.45, 7) is 2.59. The average molecular weight is 276 g/mol. The van der Waals surface area contributed by atoms with Gasteiger partial charge in [0.25, 0.3) is 5.91 Å². The van der Waals surface area contributed by atoms with E-state index in [1.165, 1.54) is 4.88 Å². The Morgan fingerprint density at radius 3 is 2.68 bits per heavy atom. The van der Waals surface area contributed by atoms with Gasteiger partial charge in [0, 0.05) is 29.6 Å². The summed E-state index contributed by atoms with van der Waals surface area (Å²) in [4.78, 5) is 17.2. The monoisotopic (exact) mass is 276 g/mol. The van der Waals surface area contributed by atoms with Gasteiger partial charge in [-0.3, -0.25) is 4.79 Å². The molecule has 2 rings (SSSR count). The Hall–Kier alpha value is -1.88. The second kappa shape index (κ2) is 6.33. The van der Waals surface area contributed by atoms with Crippen molar-refractivity contribution in [2.24, 2.45) is 0 Å². The van der Waals surface area contributed by atoms with Gasteiger partial charge in [0.05, 0.1) is 12.1 Å². The van der Waals surface area contributed by atoms with Crippen molar-refractivity contribution in [3.63, 3.8) is 0 Å². The fraction of sp³-hybridized carbons (Fsp3) is 0.286. The van der Waals surface area contributed by atoms with Crippen molar-refractivity contribution in [1.29, 1.82) is 0 Å². The normalized spacial score (nSPS) is 10.2. The number of methoxy groups -OCH3 is 1. The van der Waals surface area contributed by atoms with Crippen LogP contribution in [0.3, 0.4) is 0 Å². The number of rotatable bonds is 5. The second-order valence-corrected chi connectivity index (χ2v) is 5.40. The van der Waals surface area contributed by atoms with E-state index in [0.717, 1.165) is 17.2 Å². The van der Waals surface area contributed by atoms with E-state index in [4.69, 9.17) is 4.74 Å². The van der Waals surface area contributed by atoms with Crippen LogP contribution in [0.2, 0.25) is 0 Å². The van der Waals surface area contributed by atoms with Crippen LogP contribution in [0.15, 0.2) is 30.5 Å². The maximum absolute atomic E-state index is 11.9. The van der Waals surface area contributed by atoms with E-state index >= 15 is 0 Å². The van der Waals surface area contributed by atoms with Gasteiger partial charge >= 0.3 is 0 Å². The summed E-state index contributed by atoms with van der Waals surface area (Å²) in [5.41, 5.74) is 0.640. The first-order valence-corrected chi connectivity index (χ1v) is 6.84. The Bertz CT molecular complexity index is 549. The van der Waals surface area contributed by atoms with Crippen molar-refractivity contribution in [2.45, 2.75) is 13.3 Å². The van der Waals surface area contributed by atoms with E-state index in [-0.39, 0.29) is 5.91 Å². The number of benzene rings is 1. The first-order chi connectivity index (χ1) is 9.19. The van der Waals surface area contributed by atoms with E-state index in [2.05, 4.69) is 10.3 Å². The first kappa shape index (κ1) is 13.5. The lowest BCUT2D eigenvalue weighted by atomic mass is 10.2. The van der Waals surface area contributed by atoms with E-state index < -0.39 is 0 Å². The first-order valence-electron chi connectivity index (χ1n) is 6.02. The number of aryl methyl sites for hydroxylation is 1. The minimum absolute atomic E-state index is 0.0658. The molecule has 0 unspecified atom stereocenters. The topological polar surface area (TPSA) is 51.2 Å². The van der Waals surface area contributed by atoms with Crippen molar-refractivity contribution in [3.05, 3.63) is 45.9 Å². The molecule has 0 aliphatic rings. The summed E-state index contributed by atoms with van der Waals surface area (Å²) in [7, 11) is 1.60. The van der Waals surface area contributed by atoms with Crippen LogP contribution >= 0.6 is 11.3 Å². The summed E-state index contributed by atoms with van der Waals surface area (Å²) >= 11 is 1.66. The number of hydrogen-bond donors (Lipinski definition) is 1. The van der Waals surface area contributed by atoms with Crippen LogP contribution in [0.1, 0.15) is 20.2 Å². The van der Waals surface area contributed by atoms with Crippen LogP contribution in [0.4, 0.5) is 0 Å². The Kier molecular flexibility index (Phi) is 4.52. The molecule has 1 heterocycles. The number of carbonyl (C=O) groups excluding carboxylic acids is 1. The summed E-state index contributed by atoms with van der Waals surface area (Å²) in [5.74, 6) is 0.681. The lowest BCUT2D eigenvalue weighted by Gasteiger charge is -2.05. The fourth-order valence-electron chi connectivity index (χ4n) is 1.66. The molecule has 0 aliphatic heterocycles. The van der Waals surface area contributed by atoms with Gasteiger partial charge in [-0.25, -0.2) is 4.98 Å². The molecule has 0 aliphatic carbocycles. The third kappa shape index (κ3) is 3.79. The molecule has 1 aromatic heterocycles. The Labute approximate surface area is 116 Å². The van der Waals surface area contributed by atoms with Crippen LogP contribution < -0.4 is 10.1 Å². The van der Waals surface area contributed by atoms with Gasteiger partial charge in [-0.15, -0.1) is 11.3 Å². The Morgan fingerprint density at radius 1 is 1.37 bits per heavy atom. The molecular formula is C14H16N2O2S. The van der Waals surface area contributed by atoms with E-state index in [9.17, 15) is 4.79 Å². The summed E-state index contributed by atoms with van der Waals surface area (Å²) in [6.07, 6.45) is 2.67. The molecule has 100 valence electrons. The van der Waals surface area contributed by atoms with Gasteiger partial charge in [-0.1, -0.05) is 0 Å². The molecule has 0 bridgehead atoms. The lowest BCUT2D eigenvalue weighted by molar-refractivity contribution is 0.0954. The molecule has 0 fully saturated rings. The number of nitrogens with one attached hydrogen (secondary N) is 1. The number of thiazole rings is 1. The quantitative estimate of drug-likeness (QED) is 0.912. The molecule has 1 amide bonds. The van der Waals surface area contributed by atoms with Gasteiger partial charge in [0.1, 0.15) is 5.75 Å². The Morgan fingerprint density at radius 2 is 2.11 bits per heavy atom. The number of hydrogen-bond acceptors (Lipinski definition) is 4. The van der Waals surface area contributed by atoms with Crippen molar-refractivity contribution in [3.8, 4) is 5.75 Å². The maximum atomic E-state index is 11.9. The number of carbonyl (C=O) groups is 1. The van der Waals surface area contributed by atoms with Crippen LogP contribution in [0, 0.1) is 6.92 Å². The highest BCUT2D eigenvalue weighted by atomic mass is 32.1. The number of nitrogens with zero attached hydrogens (tertiary/aromatic N) is 1. The zero-order valence-electron chi connectivity index (χ0n) is 11.0. The van der Waals surface area contributed by atoms with Gasteiger partial charge in [-0.2, -0.15) is 0 Å². The smallest absolute Gasteiger partial charge is 0.251 e. The summed E-state index contributed by atoms with van der Waals surface area (Å²) in [6, 6.07) is 7.07. The van der Waals surface area contributed by atoms with Crippen molar-refractivity contribution in [2.75, 3.05) is 13.7 Å². The zero-order valence-corrected chi connectivity index (χ0v) is 11.8. The SMILES string of the molecule is COc1ccc(C(=O)NCCc2cnc(C)s2)cc1. The van der Waals surface area contributed by atoms with Crippen molar-refractivity contribution < 1.29 is 9.53 Å². The number of ether oxygens (including phenoxy) is 1. The van der Waals surface area contributed by atoms with Gasteiger partial charge in [0.2, 0.25) is 0 Å². The summed E-state index contributed by atoms with van der Waals surface area (Å²) < 4.78 is 5.05. The van der Waals surface area contributed by atoms with Crippen LogP contribution in [0.5, 0.6) is 5.75 Å². The third-order valence-electron chi connectivity index (χ3n) is 2.68. The van der Waals surface area contributed by atoms with Crippen molar-refractivity contribution >= 4 is 17.2 Å². The highest BCUT2D eigenvalue weighted by Crippen LogP contribution is 2.12. The number of aromatic nitrogens is 1. The molecule has 4 nitrogen and oxygen atoms in total. The zero-order chi connectivity index (χ0) is 13.7. The minimum atomic E-state index is -0.0658. The summed E-state index contributed by atoms with van der Waals surface area (Å²) in [5, 5.41) is 3.95. The molecule has 0 atom stereocenters. The van der Waals surface area contributed by atoms with Gasteiger partial charge in [0.15, 0.2) is 0 Å². The number of amides is 1. The lowest BCUT2D eigenvalue weighted by Crippen LogP contribution is -2.25. The third-order valence-corrected chi connectivity index (χ3v) is 3.65. The minimum Gasteiger partial charge on any atom is -0.497 e. The van der Waals surface area contributed by atoms with Gasteiger partial charge in [-0.05, 0) is 31.2 Å². The second-order valence-electron chi connectivity index (χ2n) is 4.08. The van der Waals surface area contributed by atoms with E-state index in [0.29, 0.717) is 12.1 Å².